The van der Waals surface area contributed by atoms with E-state index in [1.165, 1.54) is 22.3 Å². The molecule has 0 radical (unpaired) electrons. The number of rotatable bonds is 0. The second kappa shape index (κ2) is 3.97. The molecule has 80 valence electrons. The van der Waals surface area contributed by atoms with E-state index in [0.717, 1.165) is 8.95 Å². The molecule has 0 saturated carbocycles. The predicted octanol–water partition coefficient (Wildman–Crippen LogP) is 5.68. The largest absolute Gasteiger partial charge is 0.0786 e. The minimum atomic E-state index is 0.299. The normalized spacial score (nSPS) is 13.7. The van der Waals surface area contributed by atoms with Crippen LogP contribution in [0.25, 0.3) is 11.1 Å². The standard InChI is InChI=1S/C13H7Br3/c14-7-1-3-9-10-4-2-8(15)6-12(10)13(16)11(9)5-7/h1-6,13H. The highest BCUT2D eigenvalue weighted by molar-refractivity contribution is 9.11. The fraction of sp³-hybridized carbons (Fsp3) is 0.0769. The van der Waals surface area contributed by atoms with E-state index in [1.807, 2.05) is 0 Å². The van der Waals surface area contributed by atoms with Gasteiger partial charge in [0.1, 0.15) is 0 Å². The van der Waals surface area contributed by atoms with Gasteiger partial charge in [-0.2, -0.15) is 0 Å². The first kappa shape index (κ1) is 11.0. The summed E-state index contributed by atoms with van der Waals surface area (Å²) in [6, 6.07) is 12.9. The minimum absolute atomic E-state index is 0.299. The summed E-state index contributed by atoms with van der Waals surface area (Å²) in [4.78, 5) is 0.299. The molecular weight excluding hydrogens is 396 g/mol. The summed E-state index contributed by atoms with van der Waals surface area (Å²) in [6.45, 7) is 0. The molecule has 0 amide bonds. The van der Waals surface area contributed by atoms with Crippen molar-refractivity contribution in [3.8, 4) is 11.1 Å². The zero-order valence-electron chi connectivity index (χ0n) is 8.18. The van der Waals surface area contributed by atoms with Gasteiger partial charge in [-0.3, -0.25) is 0 Å². The molecule has 0 heterocycles. The van der Waals surface area contributed by atoms with Gasteiger partial charge in [-0.25, -0.2) is 0 Å². The van der Waals surface area contributed by atoms with Crippen LogP contribution in [0.15, 0.2) is 45.3 Å². The van der Waals surface area contributed by atoms with Crippen molar-refractivity contribution in [1.82, 2.24) is 0 Å². The van der Waals surface area contributed by atoms with E-state index < -0.39 is 0 Å². The molecule has 3 heteroatoms. The van der Waals surface area contributed by atoms with Gasteiger partial charge in [-0.05, 0) is 46.5 Å². The van der Waals surface area contributed by atoms with E-state index in [9.17, 15) is 0 Å². The number of alkyl halides is 1. The van der Waals surface area contributed by atoms with E-state index in [4.69, 9.17) is 0 Å². The average molecular weight is 403 g/mol. The summed E-state index contributed by atoms with van der Waals surface area (Å²) >= 11 is 10.8. The van der Waals surface area contributed by atoms with Crippen molar-refractivity contribution >= 4 is 47.8 Å². The van der Waals surface area contributed by atoms with Crippen LogP contribution in [0.4, 0.5) is 0 Å². The quantitative estimate of drug-likeness (QED) is 0.497. The SMILES string of the molecule is Brc1ccc2c(c1)C(Br)c1cc(Br)ccc1-2. The number of fused-ring (bicyclic) bond motifs is 3. The molecule has 3 rings (SSSR count). The highest BCUT2D eigenvalue weighted by atomic mass is 79.9. The van der Waals surface area contributed by atoms with Gasteiger partial charge in [-0.1, -0.05) is 59.9 Å². The van der Waals surface area contributed by atoms with E-state index in [0.29, 0.717) is 4.83 Å². The van der Waals surface area contributed by atoms with E-state index in [-0.39, 0.29) is 0 Å². The van der Waals surface area contributed by atoms with Gasteiger partial charge in [0.15, 0.2) is 0 Å². The Kier molecular flexibility index (Phi) is 2.73. The fourth-order valence-corrected chi connectivity index (χ4v) is 3.66. The monoisotopic (exact) mass is 400 g/mol. The minimum Gasteiger partial charge on any atom is -0.0786 e. The highest BCUT2D eigenvalue weighted by Crippen LogP contribution is 2.49. The van der Waals surface area contributed by atoms with Crippen LogP contribution in [0.2, 0.25) is 0 Å². The van der Waals surface area contributed by atoms with Crippen LogP contribution in [0.3, 0.4) is 0 Å². The van der Waals surface area contributed by atoms with E-state index in [2.05, 4.69) is 84.2 Å². The molecular formula is C13H7Br3. The van der Waals surface area contributed by atoms with Gasteiger partial charge in [0.05, 0.1) is 4.83 Å². The third-order valence-corrected chi connectivity index (χ3v) is 4.84. The molecule has 2 aromatic carbocycles. The summed E-state index contributed by atoms with van der Waals surface area (Å²) in [7, 11) is 0. The molecule has 0 fully saturated rings. The Balaban J connectivity index is 2.30. The smallest absolute Gasteiger partial charge is 0.0657 e. The first-order valence-corrected chi connectivity index (χ1v) is 7.40. The summed E-state index contributed by atoms with van der Waals surface area (Å²) in [5.41, 5.74) is 5.32. The summed E-state index contributed by atoms with van der Waals surface area (Å²) in [6.07, 6.45) is 0. The Labute approximate surface area is 119 Å². The molecule has 0 bridgehead atoms. The average Bonchev–Trinajstić information content (AvgIpc) is 2.53. The molecule has 1 aliphatic rings. The van der Waals surface area contributed by atoms with Crippen molar-refractivity contribution in [3.05, 3.63) is 56.5 Å². The Bertz CT molecular complexity index is 524. The highest BCUT2D eigenvalue weighted by Gasteiger charge is 2.26. The summed E-state index contributed by atoms with van der Waals surface area (Å²) < 4.78 is 2.25. The fourth-order valence-electron chi connectivity index (χ4n) is 2.14. The van der Waals surface area contributed by atoms with Crippen LogP contribution < -0.4 is 0 Å². The Hall–Kier alpha value is -0.120. The zero-order chi connectivity index (χ0) is 11.3. The predicted molar refractivity (Wildman–Crippen MR) is 78.0 cm³/mol. The topological polar surface area (TPSA) is 0 Å². The van der Waals surface area contributed by atoms with Crippen LogP contribution in [0, 0.1) is 0 Å². The lowest BCUT2D eigenvalue weighted by molar-refractivity contribution is 1.24. The lowest BCUT2D eigenvalue weighted by Gasteiger charge is -2.04. The second-order valence-corrected chi connectivity index (χ2v) is 6.57. The summed E-state index contributed by atoms with van der Waals surface area (Å²) in [5.74, 6) is 0. The first-order valence-electron chi connectivity index (χ1n) is 4.90. The van der Waals surface area contributed by atoms with Gasteiger partial charge in [-0.15, -0.1) is 0 Å². The maximum atomic E-state index is 3.76. The van der Waals surface area contributed by atoms with E-state index in [1.54, 1.807) is 0 Å². The molecule has 0 aliphatic heterocycles. The number of hydrogen-bond acceptors (Lipinski definition) is 0. The first-order chi connectivity index (χ1) is 7.66. The molecule has 16 heavy (non-hydrogen) atoms. The number of benzene rings is 2. The van der Waals surface area contributed by atoms with Crippen LogP contribution in [0.5, 0.6) is 0 Å². The maximum Gasteiger partial charge on any atom is 0.0657 e. The molecule has 0 unspecified atom stereocenters. The molecule has 1 aliphatic carbocycles. The van der Waals surface area contributed by atoms with Crippen molar-refractivity contribution in [3.63, 3.8) is 0 Å². The van der Waals surface area contributed by atoms with Crippen molar-refractivity contribution in [2.24, 2.45) is 0 Å². The molecule has 0 atom stereocenters. The molecule has 0 saturated heterocycles. The molecule has 0 spiro atoms. The van der Waals surface area contributed by atoms with Gasteiger partial charge in [0.25, 0.3) is 0 Å². The van der Waals surface area contributed by atoms with Crippen molar-refractivity contribution in [2.45, 2.75) is 4.83 Å². The van der Waals surface area contributed by atoms with Crippen LogP contribution in [0.1, 0.15) is 16.0 Å². The maximum absolute atomic E-state index is 3.76. The van der Waals surface area contributed by atoms with Gasteiger partial charge in [0, 0.05) is 8.95 Å². The van der Waals surface area contributed by atoms with Crippen LogP contribution >= 0.6 is 47.8 Å². The van der Waals surface area contributed by atoms with Crippen LogP contribution in [-0.4, -0.2) is 0 Å². The zero-order valence-corrected chi connectivity index (χ0v) is 12.9. The van der Waals surface area contributed by atoms with Gasteiger partial charge >= 0.3 is 0 Å². The van der Waals surface area contributed by atoms with Crippen molar-refractivity contribution in [1.29, 1.82) is 0 Å². The van der Waals surface area contributed by atoms with Crippen LogP contribution in [-0.2, 0) is 0 Å². The third kappa shape index (κ3) is 1.60. The summed E-state index contributed by atoms with van der Waals surface area (Å²) in [5, 5.41) is 0. The van der Waals surface area contributed by atoms with Gasteiger partial charge in [0.2, 0.25) is 0 Å². The van der Waals surface area contributed by atoms with Crippen molar-refractivity contribution < 1.29 is 0 Å². The van der Waals surface area contributed by atoms with Crippen molar-refractivity contribution in [2.75, 3.05) is 0 Å². The third-order valence-electron chi connectivity index (χ3n) is 2.86. The Morgan fingerprint density at radius 3 is 1.62 bits per heavy atom. The van der Waals surface area contributed by atoms with Gasteiger partial charge < -0.3 is 0 Å². The molecule has 0 N–H and O–H groups in total. The molecule has 0 aromatic heterocycles. The Morgan fingerprint density at radius 1 is 0.750 bits per heavy atom. The number of hydrogen-bond donors (Lipinski definition) is 0. The van der Waals surface area contributed by atoms with E-state index >= 15 is 0 Å². The second-order valence-electron chi connectivity index (χ2n) is 3.83. The lowest BCUT2D eigenvalue weighted by atomic mass is 10.1. The molecule has 0 nitrogen and oxygen atoms in total. The molecule has 2 aromatic rings. The lowest BCUT2D eigenvalue weighted by Crippen LogP contribution is -1.85. The number of halogens is 3. The Morgan fingerprint density at radius 2 is 1.19 bits per heavy atom.